The van der Waals surface area contributed by atoms with Crippen molar-refractivity contribution in [1.82, 2.24) is 19.5 Å². The Labute approximate surface area is 191 Å². The summed E-state index contributed by atoms with van der Waals surface area (Å²) in [4.78, 5) is 24.3. The maximum atomic E-state index is 12.5. The van der Waals surface area contributed by atoms with E-state index in [2.05, 4.69) is 15.5 Å². The number of aromatic nitrogens is 4. The molecule has 2 heterocycles. The number of nitrogens with one attached hydrogen (secondary N) is 1. The van der Waals surface area contributed by atoms with Crippen LogP contribution in [0.5, 0.6) is 0 Å². The van der Waals surface area contributed by atoms with Gasteiger partial charge in [-0.2, -0.15) is 0 Å². The minimum Gasteiger partial charge on any atom is -0.462 e. The summed E-state index contributed by atoms with van der Waals surface area (Å²) in [5, 5.41) is 12.4. The highest BCUT2D eigenvalue weighted by Crippen LogP contribution is 2.33. The van der Waals surface area contributed by atoms with Crippen molar-refractivity contribution in [3.05, 3.63) is 60.2 Å². The van der Waals surface area contributed by atoms with Gasteiger partial charge in [-0.3, -0.25) is 9.47 Å². The molecule has 32 heavy (non-hydrogen) atoms. The van der Waals surface area contributed by atoms with Crippen LogP contribution in [0.2, 0.25) is 0 Å². The van der Waals surface area contributed by atoms with Gasteiger partial charge in [0.2, 0.25) is 11.1 Å². The number of anilines is 1. The van der Waals surface area contributed by atoms with Crippen molar-refractivity contribution in [2.75, 3.05) is 17.7 Å². The topological polar surface area (TPSA) is 91.0 Å². The van der Waals surface area contributed by atoms with E-state index in [4.69, 9.17) is 4.74 Å². The summed E-state index contributed by atoms with van der Waals surface area (Å²) in [6, 6.07) is 10.6. The molecule has 0 bridgehead atoms. The molecule has 1 fully saturated rings. The van der Waals surface area contributed by atoms with E-state index in [-0.39, 0.29) is 17.6 Å². The number of ether oxygens (including phenoxy) is 1. The second-order valence-corrected chi connectivity index (χ2v) is 8.63. The van der Waals surface area contributed by atoms with Crippen molar-refractivity contribution in [1.29, 1.82) is 0 Å². The zero-order valence-corrected chi connectivity index (χ0v) is 18.9. The molecule has 0 unspecified atom stereocenters. The third-order valence-corrected chi connectivity index (χ3v) is 6.36. The van der Waals surface area contributed by atoms with Gasteiger partial charge in [-0.05, 0) is 56.2 Å². The number of benzene rings is 1. The minimum absolute atomic E-state index is 0.153. The van der Waals surface area contributed by atoms with Gasteiger partial charge in [0.25, 0.3) is 0 Å². The molecule has 1 saturated carbocycles. The molecule has 0 spiro atoms. The van der Waals surface area contributed by atoms with Gasteiger partial charge in [-0.15, -0.1) is 10.2 Å². The molecule has 1 aliphatic rings. The van der Waals surface area contributed by atoms with Crippen LogP contribution in [0.25, 0.3) is 0 Å². The van der Waals surface area contributed by atoms with E-state index in [1.54, 1.807) is 31.2 Å². The van der Waals surface area contributed by atoms with Gasteiger partial charge in [0.05, 0.1) is 17.9 Å². The van der Waals surface area contributed by atoms with Gasteiger partial charge in [-0.1, -0.05) is 31.0 Å². The summed E-state index contributed by atoms with van der Waals surface area (Å²) in [7, 11) is 0. The summed E-state index contributed by atoms with van der Waals surface area (Å²) in [5.41, 5.74) is 1.08. The summed E-state index contributed by atoms with van der Waals surface area (Å²) in [6.07, 6.45) is 9.86. The number of thioether (sulfide) groups is 1. The summed E-state index contributed by atoms with van der Waals surface area (Å²) in [5.74, 6) is 1.02. The molecule has 4 rings (SSSR count). The molecule has 0 radical (unpaired) electrons. The molecule has 2 aromatic heterocycles. The Balaban J connectivity index is 1.41. The standard InChI is InChI=1S/C23H27N5O3S/c1-2-31-22(30)18-10-12-19(13-11-18)24-20(29)16-32-23-26-25-21(17-8-4-3-5-9-17)28(23)27-14-6-7-15-27/h6-7,10-15,17H,2-5,8-9,16H2,1H3,(H,24,29). The van der Waals surface area contributed by atoms with E-state index in [9.17, 15) is 9.59 Å². The normalized spacial score (nSPS) is 14.3. The number of rotatable bonds is 8. The molecule has 1 aromatic carbocycles. The maximum absolute atomic E-state index is 12.5. The van der Waals surface area contributed by atoms with E-state index in [1.807, 2.05) is 33.9 Å². The summed E-state index contributed by atoms with van der Waals surface area (Å²) in [6.45, 7) is 2.09. The van der Waals surface area contributed by atoms with Crippen LogP contribution in [0.1, 0.15) is 61.1 Å². The molecule has 8 nitrogen and oxygen atoms in total. The van der Waals surface area contributed by atoms with Crippen LogP contribution >= 0.6 is 11.8 Å². The number of carbonyl (C=O) groups is 2. The van der Waals surface area contributed by atoms with Crippen LogP contribution < -0.4 is 5.32 Å². The molecule has 1 N–H and O–H groups in total. The first-order valence-electron chi connectivity index (χ1n) is 10.9. The molecular weight excluding hydrogens is 426 g/mol. The second-order valence-electron chi connectivity index (χ2n) is 7.69. The van der Waals surface area contributed by atoms with Crippen LogP contribution in [-0.4, -0.2) is 43.8 Å². The summed E-state index contributed by atoms with van der Waals surface area (Å²) >= 11 is 1.35. The third kappa shape index (κ3) is 5.21. The van der Waals surface area contributed by atoms with Crippen molar-refractivity contribution >= 4 is 29.3 Å². The lowest BCUT2D eigenvalue weighted by atomic mass is 9.89. The lowest BCUT2D eigenvalue weighted by molar-refractivity contribution is -0.113. The first-order valence-corrected chi connectivity index (χ1v) is 11.9. The predicted molar refractivity (Wildman–Crippen MR) is 123 cm³/mol. The van der Waals surface area contributed by atoms with Crippen LogP contribution in [-0.2, 0) is 9.53 Å². The minimum atomic E-state index is -0.376. The fraction of sp³-hybridized carbons (Fsp3) is 0.391. The molecule has 0 saturated heterocycles. The fourth-order valence-corrected chi connectivity index (χ4v) is 4.63. The molecule has 1 aliphatic carbocycles. The Kier molecular flexibility index (Phi) is 7.26. The highest BCUT2D eigenvalue weighted by Gasteiger charge is 2.24. The van der Waals surface area contributed by atoms with Gasteiger partial charge in [-0.25, -0.2) is 9.47 Å². The van der Waals surface area contributed by atoms with Gasteiger partial charge in [0, 0.05) is 24.0 Å². The van der Waals surface area contributed by atoms with E-state index < -0.39 is 0 Å². The third-order valence-electron chi connectivity index (χ3n) is 5.44. The first-order chi connectivity index (χ1) is 15.7. The zero-order valence-electron chi connectivity index (χ0n) is 18.1. The van der Waals surface area contributed by atoms with E-state index in [1.165, 1.54) is 31.0 Å². The van der Waals surface area contributed by atoms with Crippen LogP contribution in [0.15, 0.2) is 53.9 Å². The van der Waals surface area contributed by atoms with Gasteiger partial charge >= 0.3 is 5.97 Å². The van der Waals surface area contributed by atoms with Gasteiger partial charge in [0.15, 0.2) is 5.82 Å². The molecular formula is C23H27N5O3S. The van der Waals surface area contributed by atoms with E-state index in [0.29, 0.717) is 28.9 Å². The number of esters is 1. The monoisotopic (exact) mass is 453 g/mol. The second kappa shape index (κ2) is 10.5. The van der Waals surface area contributed by atoms with Crippen molar-refractivity contribution in [2.45, 2.75) is 50.1 Å². The number of carbonyl (C=O) groups excluding carboxylic acids is 2. The van der Waals surface area contributed by atoms with Gasteiger partial charge in [0.1, 0.15) is 0 Å². The average molecular weight is 454 g/mol. The van der Waals surface area contributed by atoms with Crippen LogP contribution in [0.4, 0.5) is 5.69 Å². The van der Waals surface area contributed by atoms with Crippen molar-refractivity contribution < 1.29 is 14.3 Å². The Morgan fingerprint density at radius 3 is 2.50 bits per heavy atom. The molecule has 3 aromatic rings. The molecule has 0 aliphatic heterocycles. The number of amides is 1. The maximum Gasteiger partial charge on any atom is 0.338 e. The predicted octanol–water partition coefficient (Wildman–Crippen LogP) is 4.35. The number of hydrogen-bond acceptors (Lipinski definition) is 6. The Bertz CT molecular complexity index is 1040. The molecule has 9 heteroatoms. The number of nitrogens with zero attached hydrogens (tertiary/aromatic N) is 4. The largest absolute Gasteiger partial charge is 0.462 e. The van der Waals surface area contributed by atoms with Crippen molar-refractivity contribution in [2.24, 2.45) is 0 Å². The average Bonchev–Trinajstić information content (AvgIpc) is 3.48. The highest BCUT2D eigenvalue weighted by atomic mass is 32.2. The lowest BCUT2D eigenvalue weighted by Crippen LogP contribution is -2.18. The molecule has 168 valence electrons. The molecule has 1 amide bonds. The highest BCUT2D eigenvalue weighted by molar-refractivity contribution is 7.99. The zero-order chi connectivity index (χ0) is 22.3. The Morgan fingerprint density at radius 1 is 1.09 bits per heavy atom. The smallest absolute Gasteiger partial charge is 0.338 e. The van der Waals surface area contributed by atoms with E-state index >= 15 is 0 Å². The SMILES string of the molecule is CCOC(=O)c1ccc(NC(=O)CSc2nnc(C3CCCCC3)n2-n2cccc2)cc1. The van der Waals surface area contributed by atoms with Gasteiger partial charge < -0.3 is 10.1 Å². The first kappa shape index (κ1) is 22.1. The Morgan fingerprint density at radius 2 is 1.81 bits per heavy atom. The van der Waals surface area contributed by atoms with E-state index in [0.717, 1.165) is 18.7 Å². The molecule has 0 atom stereocenters. The number of hydrogen-bond donors (Lipinski definition) is 1. The lowest BCUT2D eigenvalue weighted by Gasteiger charge is -2.22. The van der Waals surface area contributed by atoms with Crippen molar-refractivity contribution in [3.63, 3.8) is 0 Å². The Hall–Kier alpha value is -3.07. The van der Waals surface area contributed by atoms with Crippen LogP contribution in [0.3, 0.4) is 0 Å². The fourth-order valence-electron chi connectivity index (χ4n) is 3.89. The summed E-state index contributed by atoms with van der Waals surface area (Å²) < 4.78 is 8.96. The van der Waals surface area contributed by atoms with Crippen molar-refractivity contribution in [3.8, 4) is 0 Å². The quantitative estimate of drug-likeness (QED) is 0.403. The van der Waals surface area contributed by atoms with Crippen LogP contribution in [0, 0.1) is 0 Å².